The first-order valence-corrected chi connectivity index (χ1v) is 12.3. The highest BCUT2D eigenvalue weighted by molar-refractivity contribution is 9.10. The Hall–Kier alpha value is -1.76. The molecular weight excluding hydrogens is 504 g/mol. The third-order valence-corrected chi connectivity index (χ3v) is 8.52. The molecular formula is C17H13BrN2O6S3. The standard InChI is InChI=1S/C17H13BrN2O6S3/c18-8-1-2-11-10(5-8)13(15(23)19(11)6-12(21)22)14-16(24)20(17(27)28-14)9-3-4-29(25,26)7-9/h1-2,5,9H,3-4,6-7H2,(H,21,22). The molecule has 0 aliphatic carbocycles. The average molecular weight is 517 g/mol. The molecule has 0 bridgehead atoms. The van der Waals surface area contributed by atoms with Gasteiger partial charge in [0.25, 0.3) is 11.8 Å². The molecule has 152 valence electrons. The Kier molecular flexibility index (Phi) is 5.08. The van der Waals surface area contributed by atoms with Crippen molar-refractivity contribution < 1.29 is 27.9 Å². The summed E-state index contributed by atoms with van der Waals surface area (Å²) in [5, 5.41) is 9.17. The van der Waals surface area contributed by atoms with Gasteiger partial charge < -0.3 is 5.11 Å². The molecule has 1 N–H and O–H groups in total. The summed E-state index contributed by atoms with van der Waals surface area (Å²) in [5.41, 5.74) is 0.915. The summed E-state index contributed by atoms with van der Waals surface area (Å²) >= 11 is 9.59. The first-order valence-electron chi connectivity index (χ1n) is 8.42. The van der Waals surface area contributed by atoms with E-state index in [4.69, 9.17) is 12.2 Å². The SMILES string of the molecule is O=C(O)CN1C(=O)C(=C2SC(=S)N(C3CCS(=O)(=O)C3)C2=O)c2cc(Br)ccc21. The van der Waals surface area contributed by atoms with Crippen molar-refractivity contribution in [1.29, 1.82) is 0 Å². The van der Waals surface area contributed by atoms with Crippen molar-refractivity contribution in [1.82, 2.24) is 4.90 Å². The van der Waals surface area contributed by atoms with Crippen molar-refractivity contribution in [3.63, 3.8) is 0 Å². The maximum absolute atomic E-state index is 13.1. The number of carboxylic acid groups (broad SMARTS) is 1. The zero-order chi connectivity index (χ0) is 21.1. The van der Waals surface area contributed by atoms with Crippen molar-refractivity contribution in [3.05, 3.63) is 33.1 Å². The number of amides is 2. The number of fused-ring (bicyclic) bond motifs is 1. The molecule has 0 radical (unpaired) electrons. The second-order valence-corrected chi connectivity index (χ2v) is 11.5. The molecule has 3 heterocycles. The number of rotatable bonds is 3. The molecule has 1 atom stereocenters. The van der Waals surface area contributed by atoms with Crippen LogP contribution in [-0.4, -0.2) is 64.6 Å². The number of carbonyl (C=O) groups excluding carboxylic acids is 2. The van der Waals surface area contributed by atoms with Crippen LogP contribution in [0.1, 0.15) is 12.0 Å². The van der Waals surface area contributed by atoms with Gasteiger partial charge in [0.15, 0.2) is 9.84 Å². The summed E-state index contributed by atoms with van der Waals surface area (Å²) in [6, 6.07) is 4.38. The minimum absolute atomic E-state index is 0.0122. The number of hydrogen-bond donors (Lipinski definition) is 1. The summed E-state index contributed by atoms with van der Waals surface area (Å²) in [4.78, 5) is 39.9. The monoisotopic (exact) mass is 516 g/mol. The highest BCUT2D eigenvalue weighted by atomic mass is 79.9. The molecule has 2 amide bonds. The molecule has 0 saturated carbocycles. The molecule has 1 aromatic carbocycles. The van der Waals surface area contributed by atoms with Crippen molar-refractivity contribution in [2.75, 3.05) is 23.0 Å². The van der Waals surface area contributed by atoms with Crippen molar-refractivity contribution >= 4 is 83.1 Å². The zero-order valence-corrected chi connectivity index (χ0v) is 18.7. The summed E-state index contributed by atoms with van der Waals surface area (Å²) in [6.07, 6.45) is 0.290. The van der Waals surface area contributed by atoms with Crippen LogP contribution in [0.15, 0.2) is 27.6 Å². The van der Waals surface area contributed by atoms with Crippen LogP contribution in [0.5, 0.6) is 0 Å². The Morgan fingerprint density at radius 3 is 2.66 bits per heavy atom. The van der Waals surface area contributed by atoms with Gasteiger partial charge in [-0.25, -0.2) is 8.42 Å². The van der Waals surface area contributed by atoms with Gasteiger partial charge in [-0.2, -0.15) is 0 Å². The Labute approximate surface area is 184 Å². The lowest BCUT2D eigenvalue weighted by Gasteiger charge is -2.21. The van der Waals surface area contributed by atoms with Crippen molar-refractivity contribution in [2.24, 2.45) is 0 Å². The van der Waals surface area contributed by atoms with Crippen LogP contribution in [0.25, 0.3) is 5.57 Å². The number of carboxylic acids is 1. The lowest BCUT2D eigenvalue weighted by molar-refractivity contribution is -0.136. The second kappa shape index (κ2) is 7.18. The predicted molar refractivity (Wildman–Crippen MR) is 115 cm³/mol. The minimum Gasteiger partial charge on any atom is -0.480 e. The van der Waals surface area contributed by atoms with Gasteiger partial charge >= 0.3 is 5.97 Å². The fraction of sp³-hybridized carbons (Fsp3) is 0.294. The van der Waals surface area contributed by atoms with Gasteiger partial charge in [0, 0.05) is 10.0 Å². The molecule has 0 spiro atoms. The summed E-state index contributed by atoms with van der Waals surface area (Å²) in [5.74, 6) is -2.48. The van der Waals surface area contributed by atoms with E-state index in [-0.39, 0.29) is 26.3 Å². The van der Waals surface area contributed by atoms with Gasteiger partial charge in [-0.15, -0.1) is 0 Å². The number of thiocarbonyl (C=S) groups is 1. The van der Waals surface area contributed by atoms with Crippen LogP contribution in [-0.2, 0) is 24.2 Å². The van der Waals surface area contributed by atoms with Crippen molar-refractivity contribution in [2.45, 2.75) is 12.5 Å². The van der Waals surface area contributed by atoms with E-state index in [2.05, 4.69) is 15.9 Å². The highest BCUT2D eigenvalue weighted by Gasteiger charge is 2.46. The smallest absolute Gasteiger partial charge is 0.323 e. The number of anilines is 1. The topological polar surface area (TPSA) is 112 Å². The zero-order valence-electron chi connectivity index (χ0n) is 14.6. The van der Waals surface area contributed by atoms with Crippen LogP contribution >= 0.6 is 39.9 Å². The summed E-state index contributed by atoms with van der Waals surface area (Å²) in [6.45, 7) is -0.544. The van der Waals surface area contributed by atoms with Gasteiger partial charge in [0.1, 0.15) is 10.9 Å². The molecule has 29 heavy (non-hydrogen) atoms. The molecule has 1 aromatic rings. The number of carbonyl (C=O) groups is 3. The first-order chi connectivity index (χ1) is 13.6. The van der Waals surface area contributed by atoms with Gasteiger partial charge in [-0.1, -0.05) is 39.9 Å². The Bertz CT molecular complexity index is 1130. The fourth-order valence-electron chi connectivity index (χ4n) is 3.64. The van der Waals surface area contributed by atoms with E-state index in [9.17, 15) is 27.9 Å². The minimum atomic E-state index is -3.23. The largest absolute Gasteiger partial charge is 0.480 e. The predicted octanol–water partition coefficient (Wildman–Crippen LogP) is 1.64. The van der Waals surface area contributed by atoms with E-state index in [1.54, 1.807) is 18.2 Å². The Balaban J connectivity index is 1.80. The molecule has 2 saturated heterocycles. The molecule has 8 nitrogen and oxygen atoms in total. The van der Waals surface area contributed by atoms with Crippen LogP contribution in [0, 0.1) is 0 Å². The van der Waals surface area contributed by atoms with E-state index in [0.717, 1.165) is 16.7 Å². The molecule has 2 fully saturated rings. The third kappa shape index (κ3) is 3.51. The molecule has 3 aliphatic heterocycles. The number of halogens is 1. The fourth-order valence-corrected chi connectivity index (χ4v) is 7.17. The van der Waals surface area contributed by atoms with E-state index in [0.29, 0.717) is 22.1 Å². The first kappa shape index (κ1) is 20.5. The van der Waals surface area contributed by atoms with Gasteiger partial charge in [0.2, 0.25) is 0 Å². The number of sulfone groups is 1. The van der Waals surface area contributed by atoms with Gasteiger partial charge in [0.05, 0.1) is 33.7 Å². The Morgan fingerprint density at radius 2 is 2.03 bits per heavy atom. The highest BCUT2D eigenvalue weighted by Crippen LogP contribution is 2.46. The summed E-state index contributed by atoms with van der Waals surface area (Å²) in [7, 11) is -3.23. The number of hydrogen-bond acceptors (Lipinski definition) is 7. The van der Waals surface area contributed by atoms with E-state index in [1.807, 2.05) is 0 Å². The van der Waals surface area contributed by atoms with Crippen LogP contribution in [0.2, 0.25) is 0 Å². The van der Waals surface area contributed by atoms with Crippen LogP contribution in [0.3, 0.4) is 0 Å². The number of benzene rings is 1. The van der Waals surface area contributed by atoms with Crippen LogP contribution < -0.4 is 4.90 Å². The average Bonchev–Trinajstić information content (AvgIpc) is 3.20. The maximum atomic E-state index is 13.1. The normalized spacial score (nSPS) is 25.8. The molecule has 3 aliphatic rings. The molecule has 12 heteroatoms. The lowest BCUT2D eigenvalue weighted by atomic mass is 10.1. The van der Waals surface area contributed by atoms with E-state index < -0.39 is 40.2 Å². The maximum Gasteiger partial charge on any atom is 0.323 e. The summed E-state index contributed by atoms with van der Waals surface area (Å²) < 4.78 is 24.5. The van der Waals surface area contributed by atoms with E-state index in [1.165, 1.54) is 4.90 Å². The molecule has 4 rings (SSSR count). The van der Waals surface area contributed by atoms with Gasteiger partial charge in [-0.3, -0.25) is 24.2 Å². The Morgan fingerprint density at radius 1 is 1.31 bits per heavy atom. The quantitative estimate of drug-likeness (QED) is 0.476. The second-order valence-electron chi connectivity index (χ2n) is 6.75. The molecule has 0 aromatic heterocycles. The van der Waals surface area contributed by atoms with Crippen molar-refractivity contribution in [3.8, 4) is 0 Å². The van der Waals surface area contributed by atoms with Gasteiger partial charge in [-0.05, 0) is 24.6 Å². The lowest BCUT2D eigenvalue weighted by Crippen LogP contribution is -2.39. The van der Waals surface area contributed by atoms with Crippen LogP contribution in [0.4, 0.5) is 5.69 Å². The van der Waals surface area contributed by atoms with E-state index >= 15 is 0 Å². The number of nitrogens with zero attached hydrogens (tertiary/aromatic N) is 2. The third-order valence-electron chi connectivity index (χ3n) is 4.87. The number of aliphatic carboxylic acids is 1. The molecule has 1 unspecified atom stereocenters. The number of thioether (sulfide) groups is 1.